The van der Waals surface area contributed by atoms with E-state index >= 15 is 0 Å². The van der Waals surface area contributed by atoms with E-state index in [2.05, 4.69) is 5.32 Å². The fraction of sp³-hybridized carbons (Fsp3) is 0.353. The SMILES string of the molecule is Cc1cc(C(=O)Nc2ccc(F)c(S(=O)(=O)N3CCOCC3)c2)c(C)s1. The van der Waals surface area contributed by atoms with Crippen LogP contribution in [0.25, 0.3) is 0 Å². The summed E-state index contributed by atoms with van der Waals surface area (Å²) in [4.78, 5) is 13.8. The average molecular weight is 398 g/mol. The van der Waals surface area contributed by atoms with Crippen LogP contribution in [-0.2, 0) is 14.8 Å². The maximum Gasteiger partial charge on any atom is 0.256 e. The van der Waals surface area contributed by atoms with Crippen molar-refractivity contribution in [1.29, 1.82) is 0 Å². The van der Waals surface area contributed by atoms with E-state index in [0.29, 0.717) is 5.56 Å². The van der Waals surface area contributed by atoms with Crippen LogP contribution in [0, 0.1) is 19.7 Å². The Morgan fingerprint density at radius 1 is 1.23 bits per heavy atom. The quantitative estimate of drug-likeness (QED) is 0.859. The van der Waals surface area contributed by atoms with E-state index in [1.807, 2.05) is 13.8 Å². The van der Waals surface area contributed by atoms with Gasteiger partial charge in [0.15, 0.2) is 0 Å². The van der Waals surface area contributed by atoms with Crippen LogP contribution in [0.4, 0.5) is 10.1 Å². The number of thiophene rings is 1. The molecule has 0 bridgehead atoms. The number of hydrogen-bond donors (Lipinski definition) is 1. The first-order valence-corrected chi connectivity index (χ1v) is 10.3. The van der Waals surface area contributed by atoms with Crippen molar-refractivity contribution in [2.24, 2.45) is 0 Å². The van der Waals surface area contributed by atoms with Crippen LogP contribution >= 0.6 is 11.3 Å². The van der Waals surface area contributed by atoms with Gasteiger partial charge in [-0.1, -0.05) is 0 Å². The zero-order valence-electron chi connectivity index (χ0n) is 14.4. The molecule has 1 aromatic heterocycles. The molecule has 0 radical (unpaired) electrons. The van der Waals surface area contributed by atoms with Gasteiger partial charge in [-0.3, -0.25) is 4.79 Å². The Bertz CT molecular complexity index is 934. The minimum absolute atomic E-state index is 0.172. The molecule has 2 aromatic rings. The number of morpholine rings is 1. The predicted octanol–water partition coefficient (Wildman–Crippen LogP) is 2.78. The maximum absolute atomic E-state index is 14.2. The molecule has 26 heavy (non-hydrogen) atoms. The molecule has 1 saturated heterocycles. The van der Waals surface area contributed by atoms with Gasteiger partial charge in [0.2, 0.25) is 10.0 Å². The van der Waals surface area contributed by atoms with Crippen LogP contribution in [-0.4, -0.2) is 44.9 Å². The molecule has 0 spiro atoms. The third kappa shape index (κ3) is 3.80. The maximum atomic E-state index is 14.2. The summed E-state index contributed by atoms with van der Waals surface area (Å²) < 4.78 is 45.9. The zero-order chi connectivity index (χ0) is 18.9. The van der Waals surface area contributed by atoms with Crippen LogP contribution in [0.3, 0.4) is 0 Å². The number of sulfonamides is 1. The Morgan fingerprint density at radius 3 is 2.54 bits per heavy atom. The molecule has 1 fully saturated rings. The Morgan fingerprint density at radius 2 is 1.92 bits per heavy atom. The molecule has 0 aliphatic carbocycles. The Hall–Kier alpha value is -1.81. The van der Waals surface area contributed by atoms with Gasteiger partial charge in [-0.05, 0) is 38.1 Å². The van der Waals surface area contributed by atoms with Crippen molar-refractivity contribution in [3.05, 3.63) is 45.4 Å². The fourth-order valence-electron chi connectivity index (χ4n) is 2.76. The first kappa shape index (κ1) is 19.0. The largest absolute Gasteiger partial charge is 0.379 e. The summed E-state index contributed by atoms with van der Waals surface area (Å²) in [5.41, 5.74) is 0.751. The molecule has 1 aromatic carbocycles. The van der Waals surface area contributed by atoms with Crippen molar-refractivity contribution in [3.63, 3.8) is 0 Å². The molecule has 1 amide bonds. The molecule has 0 atom stereocenters. The molecule has 1 N–H and O–H groups in total. The van der Waals surface area contributed by atoms with Crippen LogP contribution in [0.15, 0.2) is 29.2 Å². The predicted molar refractivity (Wildman–Crippen MR) is 97.7 cm³/mol. The summed E-state index contributed by atoms with van der Waals surface area (Å²) in [6, 6.07) is 5.33. The average Bonchev–Trinajstić information content (AvgIpc) is 2.95. The topological polar surface area (TPSA) is 75.7 Å². The monoisotopic (exact) mass is 398 g/mol. The van der Waals surface area contributed by atoms with Crippen molar-refractivity contribution >= 4 is 33.0 Å². The Labute approximate surface area is 155 Å². The number of ether oxygens (including phenoxy) is 1. The van der Waals surface area contributed by atoms with E-state index in [1.54, 1.807) is 6.07 Å². The highest BCUT2D eigenvalue weighted by Crippen LogP contribution is 2.25. The third-order valence-electron chi connectivity index (χ3n) is 4.06. The van der Waals surface area contributed by atoms with Crippen LogP contribution in [0.2, 0.25) is 0 Å². The zero-order valence-corrected chi connectivity index (χ0v) is 16.0. The lowest BCUT2D eigenvalue weighted by Gasteiger charge is -2.26. The number of carbonyl (C=O) groups is 1. The van der Waals surface area contributed by atoms with Crippen LogP contribution < -0.4 is 5.32 Å². The fourth-order valence-corrected chi connectivity index (χ4v) is 5.18. The van der Waals surface area contributed by atoms with E-state index in [0.717, 1.165) is 21.9 Å². The summed E-state index contributed by atoms with van der Waals surface area (Å²) in [6.45, 7) is 4.63. The Balaban J connectivity index is 1.88. The van der Waals surface area contributed by atoms with E-state index in [9.17, 15) is 17.6 Å². The first-order valence-electron chi connectivity index (χ1n) is 8.05. The number of anilines is 1. The Kier molecular flexibility index (Phi) is 5.42. The second-order valence-corrected chi connectivity index (χ2v) is 9.31. The van der Waals surface area contributed by atoms with Gasteiger partial charge in [0.05, 0.1) is 18.8 Å². The number of benzene rings is 1. The number of hydrogen-bond acceptors (Lipinski definition) is 5. The molecular formula is C17H19FN2O4S2. The second-order valence-electron chi connectivity index (χ2n) is 5.94. The normalized spacial score (nSPS) is 15.8. The van der Waals surface area contributed by atoms with E-state index in [1.165, 1.54) is 21.7 Å². The molecule has 140 valence electrons. The van der Waals surface area contributed by atoms with Crippen LogP contribution in [0.5, 0.6) is 0 Å². The summed E-state index contributed by atoms with van der Waals surface area (Å²) in [5, 5.41) is 2.65. The molecule has 0 unspecified atom stereocenters. The molecular weight excluding hydrogens is 379 g/mol. The van der Waals surface area contributed by atoms with E-state index < -0.39 is 20.7 Å². The molecule has 2 heterocycles. The van der Waals surface area contributed by atoms with Crippen molar-refractivity contribution in [2.45, 2.75) is 18.7 Å². The van der Waals surface area contributed by atoms with Gasteiger partial charge in [-0.15, -0.1) is 11.3 Å². The van der Waals surface area contributed by atoms with Gasteiger partial charge in [0.1, 0.15) is 10.7 Å². The van der Waals surface area contributed by atoms with Gasteiger partial charge in [0.25, 0.3) is 5.91 Å². The summed E-state index contributed by atoms with van der Waals surface area (Å²) in [5.74, 6) is -1.20. The van der Waals surface area contributed by atoms with Crippen molar-refractivity contribution in [2.75, 3.05) is 31.6 Å². The summed E-state index contributed by atoms with van der Waals surface area (Å²) in [7, 11) is -3.99. The third-order valence-corrected chi connectivity index (χ3v) is 6.94. The van der Waals surface area contributed by atoms with Crippen molar-refractivity contribution in [3.8, 4) is 0 Å². The number of aryl methyl sites for hydroxylation is 2. The molecule has 6 nitrogen and oxygen atoms in total. The first-order chi connectivity index (χ1) is 12.3. The highest BCUT2D eigenvalue weighted by atomic mass is 32.2. The minimum Gasteiger partial charge on any atom is -0.379 e. The molecule has 1 aliphatic rings. The summed E-state index contributed by atoms with van der Waals surface area (Å²) >= 11 is 1.50. The van der Waals surface area contributed by atoms with E-state index in [-0.39, 0.29) is 37.9 Å². The summed E-state index contributed by atoms with van der Waals surface area (Å²) in [6.07, 6.45) is 0. The van der Waals surface area contributed by atoms with Gasteiger partial charge < -0.3 is 10.1 Å². The molecule has 9 heteroatoms. The molecule has 1 aliphatic heterocycles. The minimum atomic E-state index is -3.99. The standard InChI is InChI=1S/C17H19FN2O4S2/c1-11-9-14(12(2)25-11)17(21)19-13-3-4-15(18)16(10-13)26(22,23)20-5-7-24-8-6-20/h3-4,9-10H,5-8H2,1-2H3,(H,19,21). The van der Waals surface area contributed by atoms with Gasteiger partial charge in [0, 0.05) is 28.5 Å². The molecule has 3 rings (SSSR count). The number of amides is 1. The van der Waals surface area contributed by atoms with Gasteiger partial charge in [-0.2, -0.15) is 4.31 Å². The lowest BCUT2D eigenvalue weighted by atomic mass is 10.2. The highest BCUT2D eigenvalue weighted by Gasteiger charge is 2.29. The highest BCUT2D eigenvalue weighted by molar-refractivity contribution is 7.89. The second kappa shape index (κ2) is 7.43. The van der Waals surface area contributed by atoms with Crippen molar-refractivity contribution < 1.29 is 22.3 Å². The number of carbonyl (C=O) groups excluding carboxylic acids is 1. The van der Waals surface area contributed by atoms with Crippen molar-refractivity contribution in [1.82, 2.24) is 4.31 Å². The smallest absolute Gasteiger partial charge is 0.256 e. The van der Waals surface area contributed by atoms with Gasteiger partial charge >= 0.3 is 0 Å². The lowest BCUT2D eigenvalue weighted by molar-refractivity contribution is 0.0729. The van der Waals surface area contributed by atoms with Crippen LogP contribution in [0.1, 0.15) is 20.1 Å². The number of nitrogens with one attached hydrogen (secondary N) is 1. The van der Waals surface area contributed by atoms with Gasteiger partial charge in [-0.25, -0.2) is 12.8 Å². The molecule has 0 saturated carbocycles. The number of halogens is 1. The number of rotatable bonds is 4. The number of nitrogens with zero attached hydrogens (tertiary/aromatic N) is 1. The van der Waals surface area contributed by atoms with E-state index in [4.69, 9.17) is 4.74 Å². The lowest BCUT2D eigenvalue weighted by Crippen LogP contribution is -2.40.